The molecule has 2 aliphatic carbocycles. The monoisotopic (exact) mass is 598 g/mol. The van der Waals surface area contributed by atoms with Crippen molar-refractivity contribution in [1.82, 2.24) is 0 Å². The fourth-order valence-corrected chi connectivity index (χ4v) is 16.1. The summed E-state index contributed by atoms with van der Waals surface area (Å²) in [7, 11) is 0. The summed E-state index contributed by atoms with van der Waals surface area (Å²) in [6.07, 6.45) is 1.33. The van der Waals surface area contributed by atoms with Gasteiger partial charge in [0.2, 0.25) is 0 Å². The Bertz CT molecular complexity index is 1220. The molecule has 2 nitrogen and oxygen atoms in total. The Hall–Kier alpha value is -2.54. The van der Waals surface area contributed by atoms with Gasteiger partial charge in [0.15, 0.2) is 0 Å². The Labute approximate surface area is 217 Å². The molecule has 0 saturated heterocycles. The summed E-state index contributed by atoms with van der Waals surface area (Å²) in [5.74, 6) is -0.925. The summed E-state index contributed by atoms with van der Waals surface area (Å²) in [4.78, 5) is 0. The molecule has 0 amide bonds. The van der Waals surface area contributed by atoms with Crippen molar-refractivity contribution in [2.45, 2.75) is 46.3 Å². The third-order valence-electron chi connectivity index (χ3n) is 6.75. The molecule has 0 radical (unpaired) electrons. The van der Waals surface area contributed by atoms with Crippen LogP contribution in [0.2, 0.25) is 6.25 Å². The van der Waals surface area contributed by atoms with Crippen molar-refractivity contribution < 1.29 is 53.1 Å². The second-order valence-electron chi connectivity index (χ2n) is 9.82. The molecule has 2 aliphatic rings. The predicted molar refractivity (Wildman–Crippen MR) is 127 cm³/mol. The van der Waals surface area contributed by atoms with Crippen LogP contribution < -0.4 is 5.63 Å². The molecule has 9 heteroatoms. The molecule has 0 N–H and O–H groups in total. The molecule has 196 valence electrons. The van der Waals surface area contributed by atoms with E-state index < -0.39 is 62.4 Å². The Morgan fingerprint density at radius 2 is 0.973 bits per heavy atom. The van der Waals surface area contributed by atoms with Crippen LogP contribution in [-0.4, -0.2) is 0 Å². The zero-order valence-corrected chi connectivity index (χ0v) is 23.1. The number of hydrogen-bond acceptors (Lipinski definition) is 2. The Kier molecular flexibility index (Phi) is 6.94. The third-order valence-corrected chi connectivity index (χ3v) is 17.7. The summed E-state index contributed by atoms with van der Waals surface area (Å²) in [6, 6.07) is 9.51. The number of allylic oxidation sites excluding steroid dienone is 8. The molecule has 2 unspecified atom stereocenters. The average molecular weight is 600 g/mol. The van der Waals surface area contributed by atoms with Crippen LogP contribution in [0, 0.1) is 0 Å². The number of hydrogen-bond donors (Lipinski definition) is 0. The molecular formula is C28H26F6O2Zr. The predicted octanol–water partition coefficient (Wildman–Crippen LogP) is 9.56. The van der Waals surface area contributed by atoms with E-state index in [-0.39, 0.29) is 0 Å². The third kappa shape index (κ3) is 4.99. The normalized spacial score (nSPS) is 23.7. The van der Waals surface area contributed by atoms with Crippen molar-refractivity contribution in [3.8, 4) is 11.5 Å². The van der Waals surface area contributed by atoms with Gasteiger partial charge in [-0.3, -0.25) is 0 Å². The quantitative estimate of drug-likeness (QED) is 0.308. The number of para-hydroxylation sites is 2. The summed E-state index contributed by atoms with van der Waals surface area (Å²) in [5.41, 5.74) is -0.395. The van der Waals surface area contributed by atoms with Crippen molar-refractivity contribution in [1.29, 1.82) is 0 Å². The molecule has 0 aliphatic heterocycles. The van der Waals surface area contributed by atoms with Crippen LogP contribution in [0.1, 0.15) is 38.8 Å². The van der Waals surface area contributed by atoms with Crippen LogP contribution in [0.25, 0.3) is 0 Å². The van der Waals surface area contributed by atoms with Gasteiger partial charge in [-0.15, -0.1) is 0 Å². The van der Waals surface area contributed by atoms with Crippen LogP contribution in [-0.2, 0) is 33.5 Å². The van der Waals surface area contributed by atoms with Gasteiger partial charge in [-0.2, -0.15) is 0 Å². The Balaban J connectivity index is 2.05. The van der Waals surface area contributed by atoms with E-state index in [1.165, 1.54) is 36.4 Å². The van der Waals surface area contributed by atoms with E-state index in [1.54, 1.807) is 38.2 Å². The number of alkyl halides is 6. The van der Waals surface area contributed by atoms with E-state index in [1.807, 2.05) is 26.0 Å². The first kappa shape index (κ1) is 27.5. The second-order valence-corrected chi connectivity index (χ2v) is 19.1. The standard InChI is InChI=1S/2C7H5F3O.2C7H9.Zr/c2*8-7(9,10)5-3-1-2-4-6(5)11;2*1-6-3-4-7(2)5-6;/h2*1-4,11H;2*3-5H,1-2H3;/q;;;;+2/p-2. The maximum atomic E-state index is 14.0. The number of halogens is 6. The summed E-state index contributed by atoms with van der Waals surface area (Å²) >= 11 is -5.41. The van der Waals surface area contributed by atoms with Crippen molar-refractivity contribution in [3.63, 3.8) is 0 Å². The Morgan fingerprint density at radius 1 is 0.622 bits per heavy atom. The first-order valence-corrected chi connectivity index (χ1v) is 16.0. The van der Waals surface area contributed by atoms with Crippen LogP contribution in [0.3, 0.4) is 0 Å². The molecule has 37 heavy (non-hydrogen) atoms. The zero-order valence-electron chi connectivity index (χ0n) is 20.7. The molecular weight excluding hydrogens is 574 g/mol. The van der Waals surface area contributed by atoms with Gasteiger partial charge in [-0.1, -0.05) is 0 Å². The van der Waals surface area contributed by atoms with E-state index >= 15 is 0 Å². The van der Waals surface area contributed by atoms with E-state index in [0.717, 1.165) is 23.3 Å². The fourth-order valence-electron chi connectivity index (χ4n) is 5.09. The van der Waals surface area contributed by atoms with Crippen LogP contribution in [0.5, 0.6) is 11.5 Å². The number of benzene rings is 2. The number of rotatable bonds is 6. The van der Waals surface area contributed by atoms with Gasteiger partial charge in [-0.05, 0) is 0 Å². The van der Waals surface area contributed by atoms with Gasteiger partial charge in [0, 0.05) is 0 Å². The maximum absolute atomic E-state index is 14.0. The van der Waals surface area contributed by atoms with Crippen molar-refractivity contribution in [3.05, 3.63) is 107 Å². The molecule has 2 atom stereocenters. The van der Waals surface area contributed by atoms with Crippen molar-refractivity contribution in [2.24, 2.45) is 0 Å². The molecule has 0 fully saturated rings. The summed E-state index contributed by atoms with van der Waals surface area (Å²) in [6.45, 7) is 7.17. The van der Waals surface area contributed by atoms with Gasteiger partial charge >= 0.3 is 218 Å². The molecule has 0 bridgehead atoms. The topological polar surface area (TPSA) is 18.5 Å². The van der Waals surface area contributed by atoms with Gasteiger partial charge < -0.3 is 0 Å². The second kappa shape index (κ2) is 9.34. The van der Waals surface area contributed by atoms with Gasteiger partial charge in [0.25, 0.3) is 0 Å². The molecule has 2 aromatic carbocycles. The summed E-state index contributed by atoms with van der Waals surface area (Å²) < 4.78 is 95.1. The van der Waals surface area contributed by atoms with E-state index in [4.69, 9.17) is 5.63 Å². The first-order chi connectivity index (χ1) is 17.1. The molecule has 4 rings (SSSR count). The van der Waals surface area contributed by atoms with Crippen LogP contribution in [0.15, 0.2) is 96.1 Å². The van der Waals surface area contributed by atoms with Crippen LogP contribution in [0.4, 0.5) is 26.3 Å². The first-order valence-electron chi connectivity index (χ1n) is 11.6. The van der Waals surface area contributed by atoms with E-state index in [2.05, 4.69) is 0 Å². The minimum absolute atomic E-state index is 0.463. The fraction of sp³-hybridized carbons (Fsp3) is 0.286. The zero-order chi connectivity index (χ0) is 27.3. The van der Waals surface area contributed by atoms with E-state index in [9.17, 15) is 26.3 Å². The average Bonchev–Trinajstić information content (AvgIpc) is 3.34. The van der Waals surface area contributed by atoms with Crippen molar-refractivity contribution in [2.75, 3.05) is 0 Å². The van der Waals surface area contributed by atoms with Gasteiger partial charge in [0.1, 0.15) is 0 Å². The Morgan fingerprint density at radius 3 is 1.27 bits per heavy atom. The molecule has 2 aromatic rings. The van der Waals surface area contributed by atoms with Crippen LogP contribution >= 0.6 is 0 Å². The molecule has 0 saturated carbocycles. The van der Waals surface area contributed by atoms with E-state index in [0.29, 0.717) is 0 Å². The molecule has 0 spiro atoms. The minimum atomic E-state index is -5.41. The SMILES string of the molecule is CC1=C[C](C)([Zr]([O]c2ccccc2C(F)(F)F)([O]c2ccccc2C(F)(F)F)[C]2(C)C=CC(C)=C2)C=C1. The molecule has 0 aromatic heterocycles. The van der Waals surface area contributed by atoms with Gasteiger partial charge in [0.05, 0.1) is 0 Å². The summed E-state index contributed by atoms with van der Waals surface area (Å²) in [5, 5.41) is 0. The van der Waals surface area contributed by atoms with Gasteiger partial charge in [-0.25, -0.2) is 0 Å². The molecule has 0 heterocycles. The van der Waals surface area contributed by atoms with Crippen molar-refractivity contribution >= 4 is 0 Å².